The predicted molar refractivity (Wildman–Crippen MR) is 69.3 cm³/mol. The van der Waals surface area contributed by atoms with Crippen molar-refractivity contribution in [3.05, 3.63) is 51.3 Å². The third kappa shape index (κ3) is 2.89. The van der Waals surface area contributed by atoms with Crippen molar-refractivity contribution in [3.63, 3.8) is 0 Å². The highest BCUT2D eigenvalue weighted by Gasteiger charge is 2.20. The Balaban J connectivity index is 2.31. The fourth-order valence-electron chi connectivity index (χ4n) is 1.53. The van der Waals surface area contributed by atoms with Crippen LogP contribution in [-0.2, 0) is 7.05 Å². The Morgan fingerprint density at radius 1 is 1.53 bits per heavy atom. The maximum atomic E-state index is 12.0. The van der Waals surface area contributed by atoms with Crippen molar-refractivity contribution in [2.24, 2.45) is 7.05 Å². The number of nitrogens with zero attached hydrogens (tertiary/aromatic N) is 3. The lowest BCUT2D eigenvalue weighted by molar-refractivity contribution is -0.385. The van der Waals surface area contributed by atoms with E-state index in [1.54, 1.807) is 13.2 Å². The zero-order valence-electron chi connectivity index (χ0n) is 9.83. The summed E-state index contributed by atoms with van der Waals surface area (Å²) in [6.45, 7) is 0. The molecule has 0 saturated heterocycles. The number of amides is 1. The summed E-state index contributed by atoms with van der Waals surface area (Å²) in [5.41, 5.74) is 0.0592. The van der Waals surface area contributed by atoms with Gasteiger partial charge < -0.3 is 5.32 Å². The van der Waals surface area contributed by atoms with Gasteiger partial charge in [-0.3, -0.25) is 19.6 Å². The fourth-order valence-corrected chi connectivity index (χ4v) is 1.70. The number of aryl methyl sites for hydroxylation is 1. The second kappa shape index (κ2) is 5.07. The van der Waals surface area contributed by atoms with E-state index in [1.807, 2.05) is 0 Å². The monoisotopic (exact) mass is 280 g/mol. The molecule has 2 rings (SSSR count). The SMILES string of the molecule is Cn1cc(NC(=O)c2ccc(Cl)cc2[N+](=O)[O-])cn1. The summed E-state index contributed by atoms with van der Waals surface area (Å²) in [5.74, 6) is -0.587. The maximum Gasteiger partial charge on any atom is 0.283 e. The van der Waals surface area contributed by atoms with E-state index in [9.17, 15) is 14.9 Å². The maximum absolute atomic E-state index is 12.0. The van der Waals surface area contributed by atoms with Gasteiger partial charge in [0.2, 0.25) is 0 Å². The third-order valence-electron chi connectivity index (χ3n) is 2.36. The number of carbonyl (C=O) groups excluding carboxylic acids is 1. The van der Waals surface area contributed by atoms with E-state index in [2.05, 4.69) is 10.4 Å². The van der Waals surface area contributed by atoms with Crippen LogP contribution in [0.3, 0.4) is 0 Å². The summed E-state index contributed by atoms with van der Waals surface area (Å²) in [6, 6.07) is 3.87. The highest BCUT2D eigenvalue weighted by molar-refractivity contribution is 6.31. The molecule has 1 aromatic heterocycles. The first kappa shape index (κ1) is 13.0. The van der Waals surface area contributed by atoms with Crippen LogP contribution >= 0.6 is 11.6 Å². The van der Waals surface area contributed by atoms with Gasteiger partial charge in [0.05, 0.1) is 16.8 Å². The molecule has 0 spiro atoms. The van der Waals surface area contributed by atoms with Gasteiger partial charge in [0.1, 0.15) is 5.56 Å². The molecule has 1 N–H and O–H groups in total. The Morgan fingerprint density at radius 3 is 2.84 bits per heavy atom. The van der Waals surface area contributed by atoms with Crippen LogP contribution in [0.2, 0.25) is 5.02 Å². The van der Waals surface area contributed by atoms with Gasteiger partial charge >= 0.3 is 0 Å². The lowest BCUT2D eigenvalue weighted by Crippen LogP contribution is -2.13. The number of aromatic nitrogens is 2. The molecule has 0 unspecified atom stereocenters. The van der Waals surface area contributed by atoms with Gasteiger partial charge in [0.15, 0.2) is 0 Å². The van der Waals surface area contributed by atoms with E-state index in [0.717, 1.165) is 6.07 Å². The number of nitro benzene ring substituents is 1. The fraction of sp³-hybridized carbons (Fsp3) is 0.0909. The Bertz CT molecular complexity index is 653. The zero-order chi connectivity index (χ0) is 14.0. The second-order valence-electron chi connectivity index (χ2n) is 3.78. The van der Waals surface area contributed by atoms with Gasteiger partial charge in [0, 0.05) is 24.3 Å². The predicted octanol–water partition coefficient (Wildman–Crippen LogP) is 2.23. The molecule has 0 aliphatic rings. The normalized spacial score (nSPS) is 10.2. The average molecular weight is 281 g/mol. The molecule has 0 fully saturated rings. The molecule has 0 atom stereocenters. The molecule has 1 heterocycles. The van der Waals surface area contributed by atoms with Crippen molar-refractivity contribution in [1.82, 2.24) is 9.78 Å². The van der Waals surface area contributed by atoms with Crippen LogP contribution in [0, 0.1) is 10.1 Å². The summed E-state index contributed by atoms with van der Waals surface area (Å²) in [5, 5.41) is 17.5. The number of halogens is 1. The molecule has 98 valence electrons. The number of nitrogens with one attached hydrogen (secondary N) is 1. The smallest absolute Gasteiger partial charge is 0.283 e. The molecule has 7 nitrogen and oxygen atoms in total. The minimum absolute atomic E-state index is 0.0572. The van der Waals surface area contributed by atoms with Crippen LogP contribution < -0.4 is 5.32 Å². The number of hydrogen-bond acceptors (Lipinski definition) is 4. The molecule has 8 heteroatoms. The summed E-state index contributed by atoms with van der Waals surface area (Å²) in [6.07, 6.45) is 3.03. The number of anilines is 1. The Labute approximate surface area is 112 Å². The van der Waals surface area contributed by atoms with E-state index >= 15 is 0 Å². The summed E-state index contributed by atoms with van der Waals surface area (Å²) in [4.78, 5) is 22.2. The number of rotatable bonds is 3. The summed E-state index contributed by atoms with van der Waals surface area (Å²) < 4.78 is 1.51. The molecular formula is C11H9ClN4O3. The van der Waals surface area contributed by atoms with E-state index in [0.29, 0.717) is 5.69 Å². The van der Waals surface area contributed by atoms with Crippen molar-refractivity contribution in [1.29, 1.82) is 0 Å². The van der Waals surface area contributed by atoms with Gasteiger partial charge in [-0.2, -0.15) is 5.10 Å². The van der Waals surface area contributed by atoms with Gasteiger partial charge in [-0.05, 0) is 12.1 Å². The van der Waals surface area contributed by atoms with Crippen molar-refractivity contribution < 1.29 is 9.72 Å². The van der Waals surface area contributed by atoms with Crippen molar-refractivity contribution in [3.8, 4) is 0 Å². The Morgan fingerprint density at radius 2 is 2.26 bits per heavy atom. The van der Waals surface area contributed by atoms with E-state index < -0.39 is 10.8 Å². The lowest BCUT2D eigenvalue weighted by atomic mass is 10.1. The quantitative estimate of drug-likeness (QED) is 0.689. The molecule has 2 aromatic rings. The molecule has 19 heavy (non-hydrogen) atoms. The first-order valence-corrected chi connectivity index (χ1v) is 5.59. The molecule has 0 aliphatic heterocycles. The number of benzene rings is 1. The highest BCUT2D eigenvalue weighted by atomic mass is 35.5. The topological polar surface area (TPSA) is 90.1 Å². The minimum Gasteiger partial charge on any atom is -0.319 e. The number of nitro groups is 1. The van der Waals surface area contributed by atoms with E-state index in [4.69, 9.17) is 11.6 Å². The largest absolute Gasteiger partial charge is 0.319 e. The van der Waals surface area contributed by atoms with Gasteiger partial charge in [-0.25, -0.2) is 0 Å². The summed E-state index contributed by atoms with van der Waals surface area (Å²) in [7, 11) is 1.69. The standard InChI is InChI=1S/C11H9ClN4O3/c1-15-6-8(5-13-15)14-11(17)9-3-2-7(12)4-10(9)16(18)19/h2-6H,1H3,(H,14,17). The lowest BCUT2D eigenvalue weighted by Gasteiger charge is -2.03. The number of hydrogen-bond donors (Lipinski definition) is 1. The molecule has 1 amide bonds. The minimum atomic E-state index is -0.649. The van der Waals surface area contributed by atoms with Crippen LogP contribution in [0.4, 0.5) is 11.4 Å². The van der Waals surface area contributed by atoms with E-state index in [-0.39, 0.29) is 16.3 Å². The highest BCUT2D eigenvalue weighted by Crippen LogP contribution is 2.24. The zero-order valence-corrected chi connectivity index (χ0v) is 10.6. The van der Waals surface area contributed by atoms with Crippen LogP contribution in [0.5, 0.6) is 0 Å². The van der Waals surface area contributed by atoms with E-state index in [1.165, 1.54) is 23.0 Å². The summed E-state index contributed by atoms with van der Waals surface area (Å²) >= 11 is 5.68. The molecule has 0 radical (unpaired) electrons. The first-order valence-electron chi connectivity index (χ1n) is 5.21. The average Bonchev–Trinajstić information content (AvgIpc) is 2.74. The van der Waals surface area contributed by atoms with Crippen molar-refractivity contribution in [2.75, 3.05) is 5.32 Å². The molecule has 0 bridgehead atoms. The van der Waals surface area contributed by atoms with Crippen LogP contribution in [0.1, 0.15) is 10.4 Å². The van der Waals surface area contributed by atoms with Crippen molar-refractivity contribution >= 4 is 28.9 Å². The molecule has 0 aliphatic carbocycles. The molecular weight excluding hydrogens is 272 g/mol. The van der Waals surface area contributed by atoms with Gasteiger partial charge in [-0.15, -0.1) is 0 Å². The Kier molecular flexibility index (Phi) is 3.48. The number of carbonyl (C=O) groups is 1. The third-order valence-corrected chi connectivity index (χ3v) is 2.60. The van der Waals surface area contributed by atoms with Crippen LogP contribution in [0.15, 0.2) is 30.6 Å². The first-order chi connectivity index (χ1) is 8.97. The van der Waals surface area contributed by atoms with Crippen molar-refractivity contribution in [2.45, 2.75) is 0 Å². The van der Waals surface area contributed by atoms with Crippen LogP contribution in [0.25, 0.3) is 0 Å². The second-order valence-corrected chi connectivity index (χ2v) is 4.21. The molecule has 1 aromatic carbocycles. The van der Waals surface area contributed by atoms with Crippen LogP contribution in [-0.4, -0.2) is 20.6 Å². The van der Waals surface area contributed by atoms with Gasteiger partial charge in [0.25, 0.3) is 11.6 Å². The van der Waals surface area contributed by atoms with Gasteiger partial charge in [-0.1, -0.05) is 11.6 Å². The molecule has 0 saturated carbocycles. The Hall–Kier alpha value is -2.41.